The summed E-state index contributed by atoms with van der Waals surface area (Å²) in [7, 11) is 5.77. The van der Waals surface area contributed by atoms with Gasteiger partial charge in [-0.2, -0.15) is 11.8 Å². The second-order valence-electron chi connectivity index (χ2n) is 6.31. The summed E-state index contributed by atoms with van der Waals surface area (Å²) in [5.41, 5.74) is 6.74. The average Bonchev–Trinajstić information content (AvgIpc) is 2.57. The zero-order chi connectivity index (χ0) is 17.7. The maximum atomic E-state index is 12.5. The monoisotopic (exact) mass is 371 g/mol. The zero-order valence-electron chi connectivity index (χ0n) is 14.5. The van der Waals surface area contributed by atoms with Gasteiger partial charge in [0.05, 0.1) is 23.4 Å². The molecule has 1 aromatic rings. The summed E-state index contributed by atoms with van der Waals surface area (Å²) in [5, 5.41) is 3.35. The molecule has 1 aromatic carbocycles. The second-order valence-corrected chi connectivity index (χ2v) is 7.94. The van der Waals surface area contributed by atoms with Crippen LogP contribution in [0.1, 0.15) is 29.6 Å². The number of nitrogens with two attached hydrogens (primary N) is 1. The summed E-state index contributed by atoms with van der Waals surface area (Å²) in [6, 6.07) is 3.14. The normalized spacial score (nSPS) is 16.9. The van der Waals surface area contributed by atoms with Crippen molar-refractivity contribution in [1.29, 1.82) is 0 Å². The van der Waals surface area contributed by atoms with Crippen LogP contribution in [0.25, 0.3) is 0 Å². The highest BCUT2D eigenvalue weighted by Crippen LogP contribution is 2.34. The average molecular weight is 372 g/mol. The number of hydrogen-bond donors (Lipinski definition) is 2. The molecule has 1 aliphatic rings. The Balaban J connectivity index is 2.01. The minimum absolute atomic E-state index is 0.168. The van der Waals surface area contributed by atoms with E-state index in [4.69, 9.17) is 22.1 Å². The van der Waals surface area contributed by atoms with Gasteiger partial charge in [0, 0.05) is 18.2 Å². The third kappa shape index (κ3) is 4.29. The van der Waals surface area contributed by atoms with Gasteiger partial charge in [-0.3, -0.25) is 4.79 Å². The van der Waals surface area contributed by atoms with E-state index in [9.17, 15) is 4.79 Å². The number of benzene rings is 1. The lowest BCUT2D eigenvalue weighted by Crippen LogP contribution is -2.49. The van der Waals surface area contributed by atoms with E-state index < -0.39 is 0 Å². The topological polar surface area (TPSA) is 67.6 Å². The van der Waals surface area contributed by atoms with Crippen LogP contribution >= 0.6 is 23.4 Å². The van der Waals surface area contributed by atoms with E-state index in [1.54, 1.807) is 12.1 Å². The summed E-state index contributed by atoms with van der Waals surface area (Å²) in [5.74, 6) is 2.60. The van der Waals surface area contributed by atoms with Crippen LogP contribution in [-0.2, 0) is 0 Å². The number of nitrogen functional groups attached to an aromatic ring is 1. The predicted molar refractivity (Wildman–Crippen MR) is 102 cm³/mol. The number of amides is 1. The minimum atomic E-state index is -0.187. The van der Waals surface area contributed by atoms with E-state index in [-0.39, 0.29) is 11.4 Å². The van der Waals surface area contributed by atoms with Gasteiger partial charge in [-0.1, -0.05) is 11.6 Å². The predicted octanol–water partition coefficient (Wildman–Crippen LogP) is 2.88. The van der Waals surface area contributed by atoms with Crippen molar-refractivity contribution in [1.82, 2.24) is 10.2 Å². The fraction of sp³-hybridized carbons (Fsp3) is 0.588. The number of nitrogens with one attached hydrogen (secondary N) is 1. The Bertz CT molecular complexity index is 589. The SMILES string of the molecule is COc1cc(N)c(Cl)cc1C(=O)NCCC1(N(C)C)CCSCC1. The Morgan fingerprint density at radius 1 is 1.42 bits per heavy atom. The minimum Gasteiger partial charge on any atom is -0.496 e. The molecule has 1 amide bonds. The van der Waals surface area contributed by atoms with Crippen LogP contribution in [0.15, 0.2) is 12.1 Å². The number of hydrogen-bond acceptors (Lipinski definition) is 5. The first-order valence-electron chi connectivity index (χ1n) is 8.06. The number of carbonyl (C=O) groups excluding carboxylic acids is 1. The molecule has 1 fully saturated rings. The van der Waals surface area contributed by atoms with Crippen LogP contribution < -0.4 is 15.8 Å². The first-order valence-corrected chi connectivity index (χ1v) is 9.59. The van der Waals surface area contributed by atoms with Gasteiger partial charge in [0.25, 0.3) is 5.91 Å². The second kappa shape index (κ2) is 8.32. The van der Waals surface area contributed by atoms with E-state index in [2.05, 4.69) is 24.3 Å². The van der Waals surface area contributed by atoms with Crippen LogP contribution in [0.5, 0.6) is 5.75 Å². The molecule has 0 bridgehead atoms. The smallest absolute Gasteiger partial charge is 0.255 e. The van der Waals surface area contributed by atoms with Gasteiger partial charge in [0.15, 0.2) is 0 Å². The lowest BCUT2D eigenvalue weighted by molar-refractivity contribution is 0.0921. The molecule has 0 aromatic heterocycles. The lowest BCUT2D eigenvalue weighted by atomic mass is 9.87. The zero-order valence-corrected chi connectivity index (χ0v) is 16.1. The van der Waals surface area contributed by atoms with Gasteiger partial charge < -0.3 is 20.7 Å². The van der Waals surface area contributed by atoms with Crippen LogP contribution in [0.2, 0.25) is 5.02 Å². The fourth-order valence-corrected chi connectivity index (χ4v) is 4.51. The first-order chi connectivity index (χ1) is 11.4. The number of nitrogens with zero attached hydrogens (tertiary/aromatic N) is 1. The maximum absolute atomic E-state index is 12.5. The Kier molecular flexibility index (Phi) is 6.66. The van der Waals surface area contributed by atoms with E-state index in [0.717, 1.165) is 19.3 Å². The fourth-order valence-electron chi connectivity index (χ4n) is 3.09. The lowest BCUT2D eigenvalue weighted by Gasteiger charge is -2.43. The molecule has 1 heterocycles. The number of ether oxygens (including phenoxy) is 1. The number of thioether (sulfide) groups is 1. The van der Waals surface area contributed by atoms with E-state index in [1.165, 1.54) is 18.6 Å². The van der Waals surface area contributed by atoms with E-state index in [1.807, 2.05) is 11.8 Å². The van der Waals surface area contributed by atoms with Gasteiger partial charge in [0.1, 0.15) is 5.75 Å². The molecule has 2 rings (SSSR count). The van der Waals surface area contributed by atoms with Gasteiger partial charge in [0.2, 0.25) is 0 Å². The number of anilines is 1. The molecular weight excluding hydrogens is 346 g/mol. The molecule has 0 spiro atoms. The first kappa shape index (κ1) is 19.2. The molecule has 7 heteroatoms. The van der Waals surface area contributed by atoms with Gasteiger partial charge >= 0.3 is 0 Å². The summed E-state index contributed by atoms with van der Waals surface area (Å²) >= 11 is 8.04. The number of rotatable bonds is 6. The van der Waals surface area contributed by atoms with Crippen molar-refractivity contribution >= 4 is 35.0 Å². The Morgan fingerprint density at radius 3 is 2.67 bits per heavy atom. The van der Waals surface area contributed by atoms with Crippen LogP contribution in [0, 0.1) is 0 Å². The van der Waals surface area contributed by atoms with Crippen molar-refractivity contribution in [2.75, 3.05) is 45.0 Å². The number of methoxy groups -OCH3 is 1. The van der Waals surface area contributed by atoms with Crippen LogP contribution in [0.4, 0.5) is 5.69 Å². The molecule has 134 valence electrons. The van der Waals surface area contributed by atoms with Crippen molar-refractivity contribution in [3.05, 3.63) is 22.7 Å². The molecule has 0 unspecified atom stereocenters. The Labute approximate surface area is 153 Å². The highest BCUT2D eigenvalue weighted by atomic mass is 35.5. The molecule has 0 atom stereocenters. The van der Waals surface area contributed by atoms with Crippen molar-refractivity contribution in [3.8, 4) is 5.75 Å². The molecular formula is C17H26ClN3O2S. The summed E-state index contributed by atoms with van der Waals surface area (Å²) in [6.45, 7) is 0.618. The molecule has 3 N–H and O–H groups in total. The van der Waals surface area contributed by atoms with Crippen molar-refractivity contribution < 1.29 is 9.53 Å². The highest BCUT2D eigenvalue weighted by Gasteiger charge is 2.34. The standard InChI is InChI=1S/C17H26ClN3O2S/c1-21(2)17(5-8-24-9-6-17)4-7-20-16(22)12-10-13(18)14(19)11-15(12)23-3/h10-11H,4-9,19H2,1-3H3,(H,20,22). The maximum Gasteiger partial charge on any atom is 0.255 e. The third-order valence-corrected chi connectivity index (χ3v) is 6.12. The largest absolute Gasteiger partial charge is 0.496 e. The summed E-state index contributed by atoms with van der Waals surface area (Å²) < 4.78 is 5.25. The Hall–Kier alpha value is -1.11. The van der Waals surface area contributed by atoms with Gasteiger partial charge in [-0.05, 0) is 50.9 Å². The molecule has 0 saturated carbocycles. The van der Waals surface area contributed by atoms with Crippen molar-refractivity contribution in [2.45, 2.75) is 24.8 Å². The number of carbonyl (C=O) groups is 1. The molecule has 24 heavy (non-hydrogen) atoms. The quantitative estimate of drug-likeness (QED) is 0.752. The molecule has 1 saturated heterocycles. The van der Waals surface area contributed by atoms with Crippen molar-refractivity contribution in [3.63, 3.8) is 0 Å². The van der Waals surface area contributed by atoms with Crippen LogP contribution in [-0.4, -0.2) is 55.6 Å². The van der Waals surface area contributed by atoms with E-state index in [0.29, 0.717) is 28.6 Å². The van der Waals surface area contributed by atoms with Crippen molar-refractivity contribution in [2.24, 2.45) is 0 Å². The van der Waals surface area contributed by atoms with E-state index >= 15 is 0 Å². The Morgan fingerprint density at radius 2 is 2.08 bits per heavy atom. The molecule has 1 aliphatic heterocycles. The van der Waals surface area contributed by atoms with Gasteiger partial charge in [-0.25, -0.2) is 0 Å². The molecule has 0 radical (unpaired) electrons. The van der Waals surface area contributed by atoms with Gasteiger partial charge in [-0.15, -0.1) is 0 Å². The summed E-state index contributed by atoms with van der Waals surface area (Å²) in [6.07, 6.45) is 3.23. The molecule has 0 aliphatic carbocycles. The van der Waals surface area contributed by atoms with Crippen LogP contribution in [0.3, 0.4) is 0 Å². The number of halogens is 1. The summed E-state index contributed by atoms with van der Waals surface area (Å²) in [4.78, 5) is 14.8. The third-order valence-electron chi connectivity index (χ3n) is 4.81. The highest BCUT2D eigenvalue weighted by molar-refractivity contribution is 7.99. The molecule has 5 nitrogen and oxygen atoms in total.